The zero-order valence-electron chi connectivity index (χ0n) is 16.4. The van der Waals surface area contributed by atoms with E-state index in [1.165, 1.54) is 5.56 Å². The average molecular weight is 365 g/mol. The highest BCUT2D eigenvalue weighted by atomic mass is 16.2. The highest BCUT2D eigenvalue weighted by Crippen LogP contribution is 2.30. The summed E-state index contributed by atoms with van der Waals surface area (Å²) in [5.74, 6) is 0.443. The zero-order chi connectivity index (χ0) is 19.6. The number of amides is 2. The number of rotatable bonds is 5. The van der Waals surface area contributed by atoms with Gasteiger partial charge in [-0.15, -0.1) is 0 Å². The second-order valence-electron chi connectivity index (χ2n) is 7.40. The quantitative estimate of drug-likeness (QED) is 0.836. The van der Waals surface area contributed by atoms with E-state index in [1.54, 1.807) is 11.8 Å². The Morgan fingerprint density at radius 3 is 2.30 bits per heavy atom. The fourth-order valence-corrected chi connectivity index (χ4v) is 3.34. The van der Waals surface area contributed by atoms with Crippen LogP contribution >= 0.6 is 0 Å². The van der Waals surface area contributed by atoms with Crippen molar-refractivity contribution in [2.45, 2.75) is 46.1 Å². The lowest BCUT2D eigenvalue weighted by Gasteiger charge is -2.18. The van der Waals surface area contributed by atoms with Crippen molar-refractivity contribution in [3.63, 3.8) is 0 Å². The van der Waals surface area contributed by atoms with Crippen molar-refractivity contribution < 1.29 is 9.59 Å². The number of hydrogen-bond acceptors (Lipinski definition) is 3. The summed E-state index contributed by atoms with van der Waals surface area (Å²) in [7, 11) is 0. The Bertz CT molecular complexity index is 843. The van der Waals surface area contributed by atoms with Gasteiger partial charge in [0.15, 0.2) is 0 Å². The van der Waals surface area contributed by atoms with E-state index in [0.717, 1.165) is 35.6 Å². The summed E-state index contributed by atoms with van der Waals surface area (Å²) < 4.78 is 0. The van der Waals surface area contributed by atoms with E-state index >= 15 is 0 Å². The fraction of sp³-hybridized carbons (Fsp3) is 0.364. The Hall–Kier alpha value is -2.82. The molecule has 142 valence electrons. The van der Waals surface area contributed by atoms with Gasteiger partial charge >= 0.3 is 0 Å². The fourth-order valence-electron chi connectivity index (χ4n) is 3.34. The third kappa shape index (κ3) is 4.30. The highest BCUT2D eigenvalue weighted by molar-refractivity contribution is 5.97. The van der Waals surface area contributed by atoms with Crippen LogP contribution in [0.4, 0.5) is 17.1 Å². The SMILES string of the molecule is CC(=O)N1CCc2cc(N[C@H](C)C(=O)Nc3ccc(C(C)C)cc3)ccc21. The normalized spacial score (nSPS) is 14.0. The number of carbonyl (C=O) groups is 2. The standard InChI is InChI=1S/C22H27N3O2/c1-14(2)17-5-7-19(8-6-17)24-22(27)15(3)23-20-9-10-21-18(13-20)11-12-25(21)16(4)26/h5-10,13-15,23H,11-12H2,1-4H3,(H,24,27)/t15-/m1/s1. The smallest absolute Gasteiger partial charge is 0.246 e. The van der Waals surface area contributed by atoms with Gasteiger partial charge in [-0.1, -0.05) is 26.0 Å². The van der Waals surface area contributed by atoms with Crippen molar-refractivity contribution >= 4 is 28.9 Å². The minimum Gasteiger partial charge on any atom is -0.374 e. The van der Waals surface area contributed by atoms with E-state index in [-0.39, 0.29) is 17.9 Å². The molecule has 0 unspecified atom stereocenters. The van der Waals surface area contributed by atoms with E-state index in [9.17, 15) is 9.59 Å². The molecule has 2 aromatic carbocycles. The second kappa shape index (κ2) is 7.82. The van der Waals surface area contributed by atoms with Gasteiger partial charge in [0.2, 0.25) is 11.8 Å². The van der Waals surface area contributed by atoms with E-state index in [4.69, 9.17) is 0 Å². The van der Waals surface area contributed by atoms with Gasteiger partial charge in [0.1, 0.15) is 6.04 Å². The summed E-state index contributed by atoms with van der Waals surface area (Å²) in [4.78, 5) is 25.9. The predicted molar refractivity (Wildman–Crippen MR) is 110 cm³/mol. The van der Waals surface area contributed by atoms with Crippen LogP contribution in [0.5, 0.6) is 0 Å². The van der Waals surface area contributed by atoms with Crippen LogP contribution in [0.3, 0.4) is 0 Å². The molecule has 3 rings (SSSR count). The number of anilines is 3. The summed E-state index contributed by atoms with van der Waals surface area (Å²) in [6.07, 6.45) is 0.840. The van der Waals surface area contributed by atoms with Crippen LogP contribution in [0, 0.1) is 0 Å². The molecular formula is C22H27N3O2. The molecule has 2 aromatic rings. The molecular weight excluding hydrogens is 338 g/mol. The topological polar surface area (TPSA) is 61.4 Å². The molecule has 0 spiro atoms. The maximum atomic E-state index is 12.5. The van der Waals surface area contributed by atoms with Gasteiger partial charge in [-0.25, -0.2) is 0 Å². The lowest BCUT2D eigenvalue weighted by molar-refractivity contribution is -0.117. The maximum Gasteiger partial charge on any atom is 0.246 e. The van der Waals surface area contributed by atoms with E-state index in [1.807, 2.05) is 49.4 Å². The summed E-state index contributed by atoms with van der Waals surface area (Å²) in [6.45, 7) is 8.43. The van der Waals surface area contributed by atoms with Crippen molar-refractivity contribution in [3.05, 3.63) is 53.6 Å². The Kier molecular flexibility index (Phi) is 5.49. The van der Waals surface area contributed by atoms with Gasteiger partial charge in [-0.3, -0.25) is 9.59 Å². The molecule has 1 heterocycles. The molecule has 0 bridgehead atoms. The number of fused-ring (bicyclic) bond motifs is 1. The Morgan fingerprint density at radius 2 is 1.67 bits per heavy atom. The lowest BCUT2D eigenvalue weighted by Crippen LogP contribution is -2.31. The van der Waals surface area contributed by atoms with Crippen LogP contribution < -0.4 is 15.5 Å². The van der Waals surface area contributed by atoms with Gasteiger partial charge in [-0.2, -0.15) is 0 Å². The van der Waals surface area contributed by atoms with Crippen LogP contribution in [-0.2, 0) is 16.0 Å². The Labute approximate surface area is 160 Å². The molecule has 0 saturated carbocycles. The molecule has 5 nitrogen and oxygen atoms in total. The molecule has 0 saturated heterocycles. The van der Waals surface area contributed by atoms with Crippen LogP contribution in [0.2, 0.25) is 0 Å². The number of nitrogens with one attached hydrogen (secondary N) is 2. The van der Waals surface area contributed by atoms with E-state index in [0.29, 0.717) is 5.92 Å². The highest BCUT2D eigenvalue weighted by Gasteiger charge is 2.22. The third-order valence-corrected chi connectivity index (χ3v) is 4.98. The minimum absolute atomic E-state index is 0.0608. The molecule has 0 radical (unpaired) electrons. The van der Waals surface area contributed by atoms with Crippen molar-refractivity contribution in [3.8, 4) is 0 Å². The number of benzene rings is 2. The van der Waals surface area contributed by atoms with Crippen molar-refractivity contribution in [2.24, 2.45) is 0 Å². The van der Waals surface area contributed by atoms with Crippen LogP contribution in [0.1, 0.15) is 44.7 Å². The molecule has 1 atom stereocenters. The monoisotopic (exact) mass is 365 g/mol. The summed E-state index contributed by atoms with van der Waals surface area (Å²) in [6, 6.07) is 13.5. The van der Waals surface area contributed by atoms with Crippen LogP contribution in [0.15, 0.2) is 42.5 Å². The first-order chi connectivity index (χ1) is 12.8. The first-order valence-electron chi connectivity index (χ1n) is 9.43. The van der Waals surface area contributed by atoms with Crippen molar-refractivity contribution in [2.75, 3.05) is 22.1 Å². The van der Waals surface area contributed by atoms with E-state index < -0.39 is 0 Å². The summed E-state index contributed by atoms with van der Waals surface area (Å²) in [5, 5.41) is 6.20. The average Bonchev–Trinajstić information content (AvgIpc) is 3.05. The Balaban J connectivity index is 1.62. The van der Waals surface area contributed by atoms with Gasteiger partial charge < -0.3 is 15.5 Å². The first-order valence-corrected chi connectivity index (χ1v) is 9.43. The van der Waals surface area contributed by atoms with Gasteiger partial charge in [0.05, 0.1) is 0 Å². The molecule has 2 N–H and O–H groups in total. The first kappa shape index (κ1) is 19.0. The number of hydrogen-bond donors (Lipinski definition) is 2. The Morgan fingerprint density at radius 1 is 1.00 bits per heavy atom. The molecule has 5 heteroatoms. The number of nitrogens with zero attached hydrogens (tertiary/aromatic N) is 1. The minimum atomic E-state index is -0.377. The molecule has 27 heavy (non-hydrogen) atoms. The third-order valence-electron chi connectivity index (χ3n) is 4.98. The molecule has 0 aromatic heterocycles. The molecule has 1 aliphatic heterocycles. The molecule has 0 fully saturated rings. The zero-order valence-corrected chi connectivity index (χ0v) is 16.4. The maximum absolute atomic E-state index is 12.5. The largest absolute Gasteiger partial charge is 0.374 e. The molecule has 0 aliphatic carbocycles. The molecule has 1 aliphatic rings. The second-order valence-corrected chi connectivity index (χ2v) is 7.40. The van der Waals surface area contributed by atoms with Crippen molar-refractivity contribution in [1.29, 1.82) is 0 Å². The summed E-state index contributed by atoms with van der Waals surface area (Å²) >= 11 is 0. The van der Waals surface area contributed by atoms with E-state index in [2.05, 4.69) is 24.5 Å². The predicted octanol–water partition coefficient (Wildman–Crippen LogP) is 4.16. The summed E-state index contributed by atoms with van der Waals surface area (Å²) in [5.41, 5.74) is 5.03. The van der Waals surface area contributed by atoms with Crippen LogP contribution in [0.25, 0.3) is 0 Å². The van der Waals surface area contributed by atoms with Crippen LogP contribution in [-0.4, -0.2) is 24.4 Å². The van der Waals surface area contributed by atoms with Crippen molar-refractivity contribution in [1.82, 2.24) is 0 Å². The van der Waals surface area contributed by atoms with Gasteiger partial charge in [0, 0.05) is 30.5 Å². The number of carbonyl (C=O) groups excluding carboxylic acids is 2. The van der Waals surface area contributed by atoms with Gasteiger partial charge in [-0.05, 0) is 60.7 Å². The van der Waals surface area contributed by atoms with Gasteiger partial charge in [0.25, 0.3) is 0 Å². The lowest BCUT2D eigenvalue weighted by atomic mass is 10.0. The molecule has 2 amide bonds.